The zero-order valence-electron chi connectivity index (χ0n) is 11.3. The van der Waals surface area contributed by atoms with Crippen LogP contribution in [0.25, 0.3) is 0 Å². The monoisotopic (exact) mass is 307 g/mol. The summed E-state index contributed by atoms with van der Waals surface area (Å²) in [5, 5.41) is 0.335. The van der Waals surface area contributed by atoms with Crippen LogP contribution in [0.2, 0.25) is 5.02 Å². The lowest BCUT2D eigenvalue weighted by Gasteiger charge is -2.18. The van der Waals surface area contributed by atoms with Crippen LogP contribution in [0.1, 0.15) is 19.4 Å². The topological polar surface area (TPSA) is 70.8 Å². The average Bonchev–Trinajstić information content (AvgIpc) is 2.34. The number of nitrogens with two attached hydrogens (primary N) is 1. The van der Waals surface area contributed by atoms with E-state index in [1.54, 1.807) is 26.0 Å². The Balaban J connectivity index is 3.07. The van der Waals surface area contributed by atoms with Gasteiger partial charge in [-0.25, -0.2) is 0 Å². The molecule has 0 heterocycles. The van der Waals surface area contributed by atoms with Gasteiger partial charge in [0.15, 0.2) is 5.75 Å². The lowest BCUT2D eigenvalue weighted by molar-refractivity contribution is 0.219. The summed E-state index contributed by atoms with van der Waals surface area (Å²) in [6.07, 6.45) is 0.0875. The molecule has 0 unspecified atom stereocenters. The second-order valence-corrected chi connectivity index (χ2v) is 6.20. The molecule has 1 aromatic carbocycles. The molecule has 0 atom stereocenters. The Labute approximate surface area is 118 Å². The Morgan fingerprint density at radius 2 is 1.84 bits per heavy atom. The molecule has 5 nitrogen and oxygen atoms in total. The predicted molar refractivity (Wildman–Crippen MR) is 77.0 cm³/mol. The highest BCUT2D eigenvalue weighted by Crippen LogP contribution is 2.53. The summed E-state index contributed by atoms with van der Waals surface area (Å²) in [6, 6.07) is 3.35. The van der Waals surface area contributed by atoms with Crippen LogP contribution in [0.15, 0.2) is 12.1 Å². The van der Waals surface area contributed by atoms with Gasteiger partial charge in [-0.3, -0.25) is 4.57 Å². The highest BCUT2D eigenvalue weighted by atomic mass is 35.5. The van der Waals surface area contributed by atoms with Crippen molar-refractivity contribution in [2.45, 2.75) is 20.0 Å². The van der Waals surface area contributed by atoms with Crippen molar-refractivity contribution < 1.29 is 18.3 Å². The largest absolute Gasteiger partial charge is 0.493 e. The highest BCUT2D eigenvalue weighted by Gasteiger charge is 2.26. The lowest BCUT2D eigenvalue weighted by Crippen LogP contribution is -2.01. The van der Waals surface area contributed by atoms with E-state index in [2.05, 4.69) is 0 Å². The quantitative estimate of drug-likeness (QED) is 0.614. The summed E-state index contributed by atoms with van der Waals surface area (Å²) >= 11 is 6.18. The van der Waals surface area contributed by atoms with Crippen LogP contribution in [0, 0.1) is 0 Å². The molecule has 108 valence electrons. The number of anilines is 1. The van der Waals surface area contributed by atoms with Gasteiger partial charge in [0.05, 0.1) is 37.2 Å². The molecule has 1 rings (SSSR count). The maximum atomic E-state index is 12.4. The van der Waals surface area contributed by atoms with Gasteiger partial charge in [-0.15, -0.1) is 0 Å². The van der Waals surface area contributed by atoms with Crippen molar-refractivity contribution in [3.05, 3.63) is 22.7 Å². The van der Waals surface area contributed by atoms with Crippen molar-refractivity contribution in [3.8, 4) is 5.75 Å². The zero-order chi connectivity index (χ0) is 14.5. The van der Waals surface area contributed by atoms with E-state index in [1.807, 2.05) is 0 Å². The number of hydrogen-bond donors (Lipinski definition) is 1. The van der Waals surface area contributed by atoms with Crippen LogP contribution in [0.3, 0.4) is 0 Å². The normalized spacial score (nSPS) is 11.6. The second kappa shape index (κ2) is 7.15. The first-order valence-corrected chi connectivity index (χ1v) is 8.07. The minimum Gasteiger partial charge on any atom is -0.493 e. The van der Waals surface area contributed by atoms with Crippen LogP contribution >= 0.6 is 19.2 Å². The lowest BCUT2D eigenvalue weighted by atomic mass is 10.2. The molecule has 0 aliphatic carbocycles. The summed E-state index contributed by atoms with van der Waals surface area (Å²) in [4.78, 5) is 0. The predicted octanol–water partition coefficient (Wildman–Crippen LogP) is 3.70. The van der Waals surface area contributed by atoms with E-state index < -0.39 is 7.60 Å². The molecule has 0 saturated carbocycles. The van der Waals surface area contributed by atoms with Gasteiger partial charge in [0.25, 0.3) is 0 Å². The second-order valence-electron chi connectivity index (χ2n) is 3.77. The van der Waals surface area contributed by atoms with Crippen molar-refractivity contribution in [3.63, 3.8) is 0 Å². The fourth-order valence-corrected chi connectivity index (χ4v) is 3.81. The molecular weight excluding hydrogens is 289 g/mol. The molecule has 0 aliphatic heterocycles. The van der Waals surface area contributed by atoms with Gasteiger partial charge in [0.1, 0.15) is 0 Å². The Bertz CT molecular complexity index is 471. The van der Waals surface area contributed by atoms with Gasteiger partial charge in [-0.1, -0.05) is 17.7 Å². The van der Waals surface area contributed by atoms with Gasteiger partial charge in [0, 0.05) is 0 Å². The molecule has 2 N–H and O–H groups in total. The van der Waals surface area contributed by atoms with Crippen LogP contribution in [-0.4, -0.2) is 20.3 Å². The van der Waals surface area contributed by atoms with E-state index in [0.29, 0.717) is 35.2 Å². The first-order valence-electron chi connectivity index (χ1n) is 5.96. The molecular formula is C12H19ClNO4P. The van der Waals surface area contributed by atoms with Gasteiger partial charge < -0.3 is 19.5 Å². The zero-order valence-corrected chi connectivity index (χ0v) is 13.0. The van der Waals surface area contributed by atoms with Gasteiger partial charge in [-0.2, -0.15) is 0 Å². The van der Waals surface area contributed by atoms with E-state index in [-0.39, 0.29) is 6.16 Å². The average molecular weight is 308 g/mol. The molecule has 0 aromatic heterocycles. The van der Waals surface area contributed by atoms with Crippen molar-refractivity contribution in [2.75, 3.05) is 26.1 Å². The number of benzene rings is 1. The third-order valence-electron chi connectivity index (χ3n) is 2.43. The van der Waals surface area contributed by atoms with Gasteiger partial charge in [0.2, 0.25) is 0 Å². The Morgan fingerprint density at radius 3 is 2.32 bits per heavy atom. The standard InChI is InChI=1S/C12H19ClNO4P/c1-4-17-19(15,18-5-2)8-9-6-7-10(14)12(16-3)11(9)13/h6-7H,4-5,8,14H2,1-3H3. The Kier molecular flexibility index (Phi) is 6.14. The van der Waals surface area contributed by atoms with E-state index in [4.69, 9.17) is 31.1 Å². The summed E-state index contributed by atoms with van der Waals surface area (Å²) < 4.78 is 28.0. The van der Waals surface area contributed by atoms with E-state index >= 15 is 0 Å². The number of hydrogen-bond acceptors (Lipinski definition) is 5. The fourth-order valence-electron chi connectivity index (χ4n) is 1.67. The first-order chi connectivity index (χ1) is 8.97. The Hall–Kier alpha value is -0.740. The third-order valence-corrected chi connectivity index (χ3v) is 4.87. The van der Waals surface area contributed by atoms with Crippen LogP contribution in [-0.2, 0) is 19.8 Å². The molecule has 0 fully saturated rings. The number of methoxy groups -OCH3 is 1. The van der Waals surface area contributed by atoms with E-state index in [1.165, 1.54) is 7.11 Å². The Morgan fingerprint density at radius 1 is 1.26 bits per heavy atom. The first kappa shape index (κ1) is 16.3. The van der Waals surface area contributed by atoms with Crippen molar-refractivity contribution in [1.29, 1.82) is 0 Å². The SMILES string of the molecule is CCOP(=O)(Cc1ccc(N)c(OC)c1Cl)OCC. The van der Waals surface area contributed by atoms with Gasteiger partial charge >= 0.3 is 7.60 Å². The molecule has 0 spiro atoms. The molecule has 1 aromatic rings. The van der Waals surface area contributed by atoms with Crippen LogP contribution < -0.4 is 10.5 Å². The van der Waals surface area contributed by atoms with Crippen LogP contribution in [0.4, 0.5) is 5.69 Å². The molecule has 0 saturated heterocycles. The molecule has 0 amide bonds. The molecule has 7 heteroatoms. The maximum Gasteiger partial charge on any atom is 0.335 e. The highest BCUT2D eigenvalue weighted by molar-refractivity contribution is 7.53. The van der Waals surface area contributed by atoms with Crippen molar-refractivity contribution in [1.82, 2.24) is 0 Å². The number of ether oxygens (including phenoxy) is 1. The number of halogens is 1. The summed E-state index contributed by atoms with van der Waals surface area (Å²) in [6.45, 7) is 4.13. The maximum absolute atomic E-state index is 12.4. The smallest absolute Gasteiger partial charge is 0.335 e. The number of nitrogen functional groups attached to an aromatic ring is 1. The summed E-state index contributed by atoms with van der Waals surface area (Å²) in [5.74, 6) is 0.374. The third kappa shape index (κ3) is 4.11. The van der Waals surface area contributed by atoms with Crippen molar-refractivity contribution in [2.24, 2.45) is 0 Å². The van der Waals surface area contributed by atoms with E-state index in [9.17, 15) is 4.57 Å². The van der Waals surface area contributed by atoms with Crippen molar-refractivity contribution >= 4 is 24.9 Å². The molecule has 19 heavy (non-hydrogen) atoms. The van der Waals surface area contributed by atoms with Crippen LogP contribution in [0.5, 0.6) is 5.75 Å². The fraction of sp³-hybridized carbons (Fsp3) is 0.500. The summed E-state index contributed by atoms with van der Waals surface area (Å²) in [7, 11) is -1.72. The molecule has 0 bridgehead atoms. The number of rotatable bonds is 7. The molecule has 0 aliphatic rings. The molecule has 0 radical (unpaired) electrons. The van der Waals surface area contributed by atoms with E-state index in [0.717, 1.165) is 0 Å². The minimum atomic E-state index is -3.19. The summed E-state index contributed by atoms with van der Waals surface area (Å²) in [5.41, 5.74) is 6.79. The van der Waals surface area contributed by atoms with Gasteiger partial charge in [-0.05, 0) is 25.5 Å². The minimum absolute atomic E-state index is 0.0875.